The molecule has 23 heavy (non-hydrogen) atoms. The molecule has 5 nitrogen and oxygen atoms in total. The summed E-state index contributed by atoms with van der Waals surface area (Å²) in [6.45, 7) is 1.56. The zero-order valence-corrected chi connectivity index (χ0v) is 13.2. The number of fused-ring (bicyclic) bond motifs is 1. The molecule has 0 radical (unpaired) electrons. The van der Waals surface area contributed by atoms with E-state index in [-0.39, 0.29) is 40.0 Å². The lowest BCUT2D eigenvalue weighted by Gasteiger charge is -2.05. The number of ether oxygens (including phenoxy) is 1. The van der Waals surface area contributed by atoms with Crippen molar-refractivity contribution in [3.05, 3.63) is 28.6 Å². The predicted octanol–water partition coefficient (Wildman–Crippen LogP) is 2.38. The molecule has 0 bridgehead atoms. The molecule has 3 rings (SSSR count). The van der Waals surface area contributed by atoms with Crippen LogP contribution >= 0.6 is 11.3 Å². The second-order valence-corrected chi connectivity index (χ2v) is 6.24. The standard InChI is InChI=1S/C15H14F2N2O3S/c1-2-22-12(20)7-19-13-10(17)5-9(16)6-11(13)23-15(19)18-14(21)8-3-4-8/h5-6,8H,2-4,7H2,1H3. The SMILES string of the molecule is CCOC(=O)Cn1c(=NC(=O)C2CC2)sc2cc(F)cc(F)c21. The van der Waals surface area contributed by atoms with Crippen LogP contribution < -0.4 is 4.80 Å². The summed E-state index contributed by atoms with van der Waals surface area (Å²) in [6.07, 6.45) is 1.57. The van der Waals surface area contributed by atoms with Crippen LogP contribution in [0.1, 0.15) is 19.8 Å². The van der Waals surface area contributed by atoms with Gasteiger partial charge >= 0.3 is 5.97 Å². The highest BCUT2D eigenvalue weighted by atomic mass is 32.1. The minimum Gasteiger partial charge on any atom is -0.465 e. The molecule has 1 aliphatic rings. The molecule has 1 aromatic carbocycles. The fourth-order valence-electron chi connectivity index (χ4n) is 2.21. The smallest absolute Gasteiger partial charge is 0.326 e. The molecule has 0 atom stereocenters. The molecule has 8 heteroatoms. The monoisotopic (exact) mass is 340 g/mol. The summed E-state index contributed by atoms with van der Waals surface area (Å²) in [7, 11) is 0. The number of aromatic nitrogens is 1. The molecule has 122 valence electrons. The molecule has 0 spiro atoms. The Labute approximate surface area is 134 Å². The summed E-state index contributed by atoms with van der Waals surface area (Å²) in [6, 6.07) is 1.90. The van der Waals surface area contributed by atoms with Crippen molar-refractivity contribution >= 4 is 33.4 Å². The van der Waals surface area contributed by atoms with Crippen molar-refractivity contribution < 1.29 is 23.1 Å². The average molecular weight is 340 g/mol. The van der Waals surface area contributed by atoms with E-state index >= 15 is 0 Å². The minimum atomic E-state index is -0.805. The van der Waals surface area contributed by atoms with Gasteiger partial charge in [-0.3, -0.25) is 9.59 Å². The van der Waals surface area contributed by atoms with Gasteiger partial charge in [-0.2, -0.15) is 4.99 Å². The van der Waals surface area contributed by atoms with Gasteiger partial charge in [-0.05, 0) is 25.8 Å². The van der Waals surface area contributed by atoms with Gasteiger partial charge in [0.15, 0.2) is 10.6 Å². The molecule has 2 aromatic rings. The number of hydrogen-bond donors (Lipinski definition) is 0. The summed E-state index contributed by atoms with van der Waals surface area (Å²) >= 11 is 0.974. The molecule has 0 saturated heterocycles. The van der Waals surface area contributed by atoms with Gasteiger partial charge in [0.25, 0.3) is 5.91 Å². The van der Waals surface area contributed by atoms with Gasteiger partial charge < -0.3 is 9.30 Å². The Hall–Kier alpha value is -2.09. The van der Waals surface area contributed by atoms with Crippen molar-refractivity contribution in [2.75, 3.05) is 6.61 Å². The van der Waals surface area contributed by atoms with Crippen molar-refractivity contribution in [3.8, 4) is 0 Å². The molecule has 0 N–H and O–H groups in total. The Morgan fingerprint density at radius 3 is 2.78 bits per heavy atom. The van der Waals surface area contributed by atoms with Crippen LogP contribution in [0, 0.1) is 17.6 Å². The van der Waals surface area contributed by atoms with Crippen LogP contribution in [0.5, 0.6) is 0 Å². The van der Waals surface area contributed by atoms with Crippen molar-refractivity contribution in [1.29, 1.82) is 0 Å². The van der Waals surface area contributed by atoms with Crippen molar-refractivity contribution in [3.63, 3.8) is 0 Å². The second kappa shape index (κ2) is 6.19. The molecular weight excluding hydrogens is 326 g/mol. The third-order valence-electron chi connectivity index (χ3n) is 3.42. The van der Waals surface area contributed by atoms with Crippen LogP contribution in [0.15, 0.2) is 17.1 Å². The van der Waals surface area contributed by atoms with Crippen LogP contribution in [-0.4, -0.2) is 23.1 Å². The molecule has 1 aliphatic carbocycles. The normalized spacial score (nSPS) is 15.2. The quantitative estimate of drug-likeness (QED) is 0.803. The average Bonchev–Trinajstić information content (AvgIpc) is 3.25. The number of carbonyl (C=O) groups is 2. The first-order valence-corrected chi connectivity index (χ1v) is 8.03. The maximum Gasteiger partial charge on any atom is 0.326 e. The van der Waals surface area contributed by atoms with Crippen LogP contribution in [0.2, 0.25) is 0 Å². The molecule has 1 aromatic heterocycles. The number of rotatable bonds is 4. The van der Waals surface area contributed by atoms with Gasteiger partial charge in [0, 0.05) is 12.0 Å². The number of amides is 1. The van der Waals surface area contributed by atoms with Crippen molar-refractivity contribution in [2.24, 2.45) is 10.9 Å². The predicted molar refractivity (Wildman–Crippen MR) is 79.7 cm³/mol. The third kappa shape index (κ3) is 3.31. The van der Waals surface area contributed by atoms with E-state index in [1.807, 2.05) is 0 Å². The second-order valence-electron chi connectivity index (χ2n) is 5.23. The van der Waals surface area contributed by atoms with Gasteiger partial charge in [-0.15, -0.1) is 0 Å². The summed E-state index contributed by atoms with van der Waals surface area (Å²) in [4.78, 5) is 27.8. The Bertz CT molecular complexity index is 852. The lowest BCUT2D eigenvalue weighted by molar-refractivity contribution is -0.143. The molecular formula is C15H14F2N2O3S. The fourth-order valence-corrected chi connectivity index (χ4v) is 3.29. The molecule has 1 amide bonds. The summed E-state index contributed by atoms with van der Waals surface area (Å²) in [5.41, 5.74) is 0.0480. The van der Waals surface area contributed by atoms with Gasteiger partial charge in [-0.1, -0.05) is 11.3 Å². The molecule has 0 aliphatic heterocycles. The molecule has 1 fully saturated rings. The van der Waals surface area contributed by atoms with E-state index < -0.39 is 17.6 Å². The van der Waals surface area contributed by atoms with E-state index in [4.69, 9.17) is 4.74 Å². The van der Waals surface area contributed by atoms with Crippen LogP contribution in [0.4, 0.5) is 8.78 Å². The van der Waals surface area contributed by atoms with E-state index in [1.165, 1.54) is 4.57 Å². The Kier molecular flexibility index (Phi) is 4.25. The highest BCUT2D eigenvalue weighted by Gasteiger charge is 2.29. The third-order valence-corrected chi connectivity index (χ3v) is 4.45. The van der Waals surface area contributed by atoms with E-state index in [0.29, 0.717) is 0 Å². The number of halogens is 2. The topological polar surface area (TPSA) is 60.7 Å². The number of benzene rings is 1. The molecule has 0 unspecified atom stereocenters. The van der Waals surface area contributed by atoms with Gasteiger partial charge in [0.2, 0.25) is 0 Å². The van der Waals surface area contributed by atoms with E-state index in [9.17, 15) is 18.4 Å². The Morgan fingerprint density at radius 1 is 1.39 bits per heavy atom. The van der Waals surface area contributed by atoms with Crippen LogP contribution in [0.3, 0.4) is 0 Å². The maximum atomic E-state index is 14.1. The largest absolute Gasteiger partial charge is 0.465 e. The Morgan fingerprint density at radius 2 is 2.13 bits per heavy atom. The summed E-state index contributed by atoms with van der Waals surface area (Å²) in [5.74, 6) is -2.50. The lowest BCUT2D eigenvalue weighted by atomic mass is 10.3. The fraction of sp³-hybridized carbons (Fsp3) is 0.400. The highest BCUT2D eigenvalue weighted by molar-refractivity contribution is 7.16. The minimum absolute atomic E-state index is 0.0480. The van der Waals surface area contributed by atoms with E-state index in [0.717, 1.165) is 36.3 Å². The first-order valence-electron chi connectivity index (χ1n) is 7.22. The Balaban J connectivity index is 2.15. The number of hydrogen-bond acceptors (Lipinski definition) is 4. The first kappa shape index (κ1) is 15.8. The van der Waals surface area contributed by atoms with Gasteiger partial charge in [0.1, 0.15) is 12.4 Å². The van der Waals surface area contributed by atoms with Crippen molar-refractivity contribution in [2.45, 2.75) is 26.3 Å². The van der Waals surface area contributed by atoms with Crippen molar-refractivity contribution in [1.82, 2.24) is 4.57 Å². The first-order chi connectivity index (χ1) is 11.0. The highest BCUT2D eigenvalue weighted by Crippen LogP contribution is 2.30. The van der Waals surface area contributed by atoms with E-state index in [1.54, 1.807) is 6.92 Å². The summed E-state index contributed by atoms with van der Waals surface area (Å²) < 4.78 is 33.9. The lowest BCUT2D eigenvalue weighted by Crippen LogP contribution is -2.23. The van der Waals surface area contributed by atoms with Gasteiger partial charge in [-0.25, -0.2) is 8.78 Å². The van der Waals surface area contributed by atoms with Gasteiger partial charge in [0.05, 0.1) is 16.8 Å². The molecule has 1 heterocycles. The number of carbonyl (C=O) groups excluding carboxylic acids is 2. The maximum absolute atomic E-state index is 14.1. The number of nitrogens with zero attached hydrogens (tertiary/aromatic N) is 2. The zero-order valence-electron chi connectivity index (χ0n) is 12.3. The zero-order chi connectivity index (χ0) is 16.6. The number of esters is 1. The number of thiazole rings is 1. The molecule has 1 saturated carbocycles. The summed E-state index contributed by atoms with van der Waals surface area (Å²) in [5, 5.41) is 0. The van der Waals surface area contributed by atoms with Crippen LogP contribution in [-0.2, 0) is 20.9 Å². The van der Waals surface area contributed by atoms with Crippen LogP contribution in [0.25, 0.3) is 10.2 Å². The van der Waals surface area contributed by atoms with E-state index in [2.05, 4.69) is 4.99 Å².